The van der Waals surface area contributed by atoms with Gasteiger partial charge in [-0.1, -0.05) is 24.3 Å². The van der Waals surface area contributed by atoms with Crippen LogP contribution in [0.3, 0.4) is 0 Å². The summed E-state index contributed by atoms with van der Waals surface area (Å²) in [4.78, 5) is 26.1. The number of aliphatic hydroxyl groups excluding tert-OH is 1. The van der Waals surface area contributed by atoms with Crippen LogP contribution in [-0.2, 0) is 17.4 Å². The van der Waals surface area contributed by atoms with E-state index in [0.29, 0.717) is 31.6 Å². The van der Waals surface area contributed by atoms with E-state index in [1.54, 1.807) is 29.2 Å². The Hall–Kier alpha value is -3.07. The fourth-order valence-corrected chi connectivity index (χ4v) is 3.23. The molecule has 0 aromatic heterocycles. The van der Waals surface area contributed by atoms with Crippen molar-refractivity contribution in [3.05, 3.63) is 59.7 Å². The summed E-state index contributed by atoms with van der Waals surface area (Å²) in [5.41, 5.74) is -0.135. The van der Waals surface area contributed by atoms with Crippen LogP contribution in [0.1, 0.15) is 24.0 Å². The first kappa shape index (κ1) is 21.6. The first-order valence-corrected chi connectivity index (χ1v) is 9.51. The Bertz CT molecular complexity index is 892. The molecule has 1 fully saturated rings. The average molecular weight is 421 g/mol. The van der Waals surface area contributed by atoms with Gasteiger partial charge in [0.25, 0.3) is 0 Å². The molecule has 2 aromatic rings. The predicted octanol–water partition coefficient (Wildman–Crippen LogP) is 3.88. The third-order valence-electron chi connectivity index (χ3n) is 4.87. The highest BCUT2D eigenvalue weighted by molar-refractivity contribution is 6.00. The van der Waals surface area contributed by atoms with Gasteiger partial charge in [-0.3, -0.25) is 4.79 Å². The molecule has 1 aliphatic heterocycles. The quantitative estimate of drug-likeness (QED) is 0.701. The first-order chi connectivity index (χ1) is 14.2. The van der Waals surface area contributed by atoms with Crippen molar-refractivity contribution in [1.29, 1.82) is 0 Å². The van der Waals surface area contributed by atoms with Gasteiger partial charge in [-0.2, -0.15) is 13.2 Å². The molecule has 0 saturated carbocycles. The highest BCUT2D eigenvalue weighted by Crippen LogP contribution is 2.34. The van der Waals surface area contributed by atoms with Gasteiger partial charge < -0.3 is 20.6 Å². The van der Waals surface area contributed by atoms with Gasteiger partial charge in [0.15, 0.2) is 0 Å². The van der Waals surface area contributed by atoms with Crippen LogP contribution in [0.2, 0.25) is 0 Å². The number of nitrogens with one attached hydrogen (secondary N) is 2. The van der Waals surface area contributed by atoms with E-state index in [-0.39, 0.29) is 24.1 Å². The van der Waals surface area contributed by atoms with Gasteiger partial charge in [-0.05, 0) is 42.7 Å². The summed E-state index contributed by atoms with van der Waals surface area (Å²) in [6, 6.07) is 10.4. The molecule has 0 aliphatic carbocycles. The Balaban J connectivity index is 1.56. The van der Waals surface area contributed by atoms with Gasteiger partial charge in [0.1, 0.15) is 0 Å². The normalized spacial score (nSPS) is 15.0. The highest BCUT2D eigenvalue weighted by atomic mass is 19.4. The summed E-state index contributed by atoms with van der Waals surface area (Å²) < 4.78 is 39.0. The van der Waals surface area contributed by atoms with Crippen LogP contribution in [0.25, 0.3) is 0 Å². The van der Waals surface area contributed by atoms with Crippen LogP contribution in [-0.4, -0.2) is 41.1 Å². The zero-order valence-corrected chi connectivity index (χ0v) is 16.1. The Labute approximate surface area is 171 Å². The van der Waals surface area contributed by atoms with Gasteiger partial charge in [0, 0.05) is 18.8 Å². The minimum Gasteiger partial charge on any atom is -0.393 e. The number of amides is 3. The zero-order valence-electron chi connectivity index (χ0n) is 16.1. The summed E-state index contributed by atoms with van der Waals surface area (Å²) in [6.07, 6.45) is -3.59. The molecule has 0 unspecified atom stereocenters. The van der Waals surface area contributed by atoms with Crippen LogP contribution >= 0.6 is 0 Å². The molecule has 2 aromatic carbocycles. The molecule has 6 nitrogen and oxygen atoms in total. The second kappa shape index (κ2) is 9.17. The van der Waals surface area contributed by atoms with Crippen LogP contribution in [0.5, 0.6) is 0 Å². The molecule has 160 valence electrons. The van der Waals surface area contributed by atoms with Crippen molar-refractivity contribution in [3.8, 4) is 0 Å². The van der Waals surface area contributed by atoms with E-state index in [0.717, 1.165) is 11.6 Å². The molecule has 1 saturated heterocycles. The van der Waals surface area contributed by atoms with E-state index in [2.05, 4.69) is 10.6 Å². The van der Waals surface area contributed by atoms with Crippen molar-refractivity contribution in [2.45, 2.75) is 31.5 Å². The number of hydrogen-bond donors (Lipinski definition) is 3. The molecule has 0 spiro atoms. The van der Waals surface area contributed by atoms with Crippen molar-refractivity contribution >= 4 is 23.3 Å². The molecule has 30 heavy (non-hydrogen) atoms. The van der Waals surface area contributed by atoms with Crippen molar-refractivity contribution in [1.82, 2.24) is 4.90 Å². The summed E-state index contributed by atoms with van der Waals surface area (Å²) >= 11 is 0. The maximum atomic E-state index is 13.0. The largest absolute Gasteiger partial charge is 0.418 e. The molecule has 3 N–H and O–H groups in total. The van der Waals surface area contributed by atoms with Gasteiger partial charge in [0.2, 0.25) is 5.91 Å². The lowest BCUT2D eigenvalue weighted by Gasteiger charge is -2.29. The SMILES string of the molecule is O=C(Nc1ccc(CC(=O)N2CCC(O)CC2)cc1)Nc1ccccc1C(F)(F)F. The zero-order chi connectivity index (χ0) is 21.7. The standard InChI is InChI=1S/C21H22F3N3O3/c22-21(23,24)17-3-1-2-4-18(17)26-20(30)25-15-7-5-14(6-8-15)13-19(29)27-11-9-16(28)10-12-27/h1-8,16,28H,9-13H2,(H2,25,26,30). The number of alkyl halides is 3. The number of anilines is 2. The maximum Gasteiger partial charge on any atom is 0.418 e. The fourth-order valence-electron chi connectivity index (χ4n) is 3.23. The number of nitrogens with zero attached hydrogens (tertiary/aromatic N) is 1. The number of para-hydroxylation sites is 1. The fraction of sp³-hybridized carbons (Fsp3) is 0.333. The molecule has 1 aliphatic rings. The minimum atomic E-state index is -4.58. The van der Waals surface area contributed by atoms with E-state index < -0.39 is 17.8 Å². The molecular formula is C21H22F3N3O3. The Morgan fingerprint density at radius 2 is 1.63 bits per heavy atom. The highest BCUT2D eigenvalue weighted by Gasteiger charge is 2.33. The van der Waals surface area contributed by atoms with Crippen LogP contribution in [0, 0.1) is 0 Å². The third-order valence-corrected chi connectivity index (χ3v) is 4.87. The third kappa shape index (κ3) is 5.73. The summed E-state index contributed by atoms with van der Waals surface area (Å²) in [5, 5.41) is 14.2. The monoisotopic (exact) mass is 421 g/mol. The first-order valence-electron chi connectivity index (χ1n) is 9.51. The number of urea groups is 1. The number of halogens is 3. The van der Waals surface area contributed by atoms with Crippen molar-refractivity contribution in [2.75, 3.05) is 23.7 Å². The number of aliphatic hydroxyl groups is 1. The minimum absolute atomic E-state index is 0.0379. The summed E-state index contributed by atoms with van der Waals surface area (Å²) in [7, 11) is 0. The van der Waals surface area contributed by atoms with Crippen molar-refractivity contribution in [3.63, 3.8) is 0 Å². The van der Waals surface area contributed by atoms with E-state index in [1.165, 1.54) is 18.2 Å². The molecule has 0 radical (unpaired) electrons. The molecule has 9 heteroatoms. The van der Waals surface area contributed by atoms with Gasteiger partial charge in [0.05, 0.1) is 23.8 Å². The molecular weight excluding hydrogens is 399 g/mol. The summed E-state index contributed by atoms with van der Waals surface area (Å²) in [6.45, 7) is 1.05. The Morgan fingerprint density at radius 3 is 2.27 bits per heavy atom. The van der Waals surface area contributed by atoms with Gasteiger partial charge in [-0.15, -0.1) is 0 Å². The molecule has 0 bridgehead atoms. The number of rotatable bonds is 4. The van der Waals surface area contributed by atoms with Gasteiger partial charge in [-0.25, -0.2) is 4.79 Å². The molecule has 1 heterocycles. The smallest absolute Gasteiger partial charge is 0.393 e. The number of likely N-dealkylation sites (tertiary alicyclic amines) is 1. The Morgan fingerprint density at radius 1 is 1.00 bits per heavy atom. The topological polar surface area (TPSA) is 81.7 Å². The average Bonchev–Trinajstić information content (AvgIpc) is 2.69. The van der Waals surface area contributed by atoms with E-state index in [9.17, 15) is 27.9 Å². The molecule has 3 rings (SSSR count). The molecule has 0 atom stereocenters. The van der Waals surface area contributed by atoms with Crippen molar-refractivity contribution in [2.24, 2.45) is 0 Å². The summed E-state index contributed by atoms with van der Waals surface area (Å²) in [5.74, 6) is -0.0379. The van der Waals surface area contributed by atoms with Gasteiger partial charge >= 0.3 is 12.2 Å². The lowest BCUT2D eigenvalue weighted by atomic mass is 10.1. The lowest BCUT2D eigenvalue weighted by Crippen LogP contribution is -2.40. The number of piperidine rings is 1. The van der Waals surface area contributed by atoms with Crippen LogP contribution in [0.15, 0.2) is 48.5 Å². The number of carbonyl (C=O) groups is 2. The molecule has 3 amide bonds. The second-order valence-electron chi connectivity index (χ2n) is 7.11. The van der Waals surface area contributed by atoms with Crippen LogP contribution < -0.4 is 10.6 Å². The van der Waals surface area contributed by atoms with Crippen molar-refractivity contribution < 1.29 is 27.9 Å². The Kier molecular flexibility index (Phi) is 6.61. The maximum absolute atomic E-state index is 13.0. The number of hydrogen-bond acceptors (Lipinski definition) is 3. The second-order valence-corrected chi connectivity index (χ2v) is 7.11. The number of carbonyl (C=O) groups excluding carboxylic acids is 2. The number of benzene rings is 2. The predicted molar refractivity (Wildman–Crippen MR) is 106 cm³/mol. The van der Waals surface area contributed by atoms with E-state index in [1.807, 2.05) is 0 Å². The van der Waals surface area contributed by atoms with E-state index in [4.69, 9.17) is 0 Å². The van der Waals surface area contributed by atoms with E-state index >= 15 is 0 Å². The van der Waals surface area contributed by atoms with Crippen LogP contribution in [0.4, 0.5) is 29.3 Å². The lowest BCUT2D eigenvalue weighted by molar-refractivity contribution is -0.137.